The third kappa shape index (κ3) is 3.64. The van der Waals surface area contributed by atoms with Crippen molar-refractivity contribution in [2.24, 2.45) is 17.6 Å². The van der Waals surface area contributed by atoms with Crippen molar-refractivity contribution in [2.75, 3.05) is 13.6 Å². The van der Waals surface area contributed by atoms with Crippen LogP contribution in [0.4, 0.5) is 8.78 Å². The molecule has 1 aliphatic rings. The highest BCUT2D eigenvalue weighted by molar-refractivity contribution is 5.82. The zero-order chi connectivity index (χ0) is 16.4. The molecule has 1 aliphatic carbocycles. The Labute approximate surface area is 130 Å². The van der Waals surface area contributed by atoms with E-state index in [1.165, 1.54) is 18.2 Å². The third-order valence-corrected chi connectivity index (χ3v) is 4.51. The van der Waals surface area contributed by atoms with Crippen molar-refractivity contribution in [3.05, 3.63) is 35.4 Å². The van der Waals surface area contributed by atoms with Crippen LogP contribution in [0.1, 0.15) is 38.2 Å². The Bertz CT molecular complexity index is 527. The van der Waals surface area contributed by atoms with Crippen LogP contribution >= 0.6 is 0 Å². The Morgan fingerprint density at radius 3 is 2.50 bits per heavy atom. The predicted octanol–water partition coefficient (Wildman–Crippen LogP) is 2.90. The van der Waals surface area contributed by atoms with E-state index in [0.29, 0.717) is 18.9 Å². The van der Waals surface area contributed by atoms with E-state index >= 15 is 0 Å². The molecule has 0 radical (unpaired) electrons. The molecule has 3 unspecified atom stereocenters. The monoisotopic (exact) mass is 310 g/mol. The van der Waals surface area contributed by atoms with Gasteiger partial charge < -0.3 is 10.6 Å². The highest BCUT2D eigenvalue weighted by atomic mass is 19.1. The van der Waals surface area contributed by atoms with E-state index in [2.05, 4.69) is 0 Å². The first-order chi connectivity index (χ1) is 10.3. The zero-order valence-electron chi connectivity index (χ0n) is 13.4. The molecule has 122 valence electrons. The average Bonchev–Trinajstić information content (AvgIpc) is 3.23. The number of amides is 1. The van der Waals surface area contributed by atoms with Crippen molar-refractivity contribution >= 4 is 5.91 Å². The van der Waals surface area contributed by atoms with Gasteiger partial charge in [0.25, 0.3) is 0 Å². The van der Waals surface area contributed by atoms with Crippen molar-refractivity contribution in [1.29, 1.82) is 0 Å². The van der Waals surface area contributed by atoms with Crippen molar-refractivity contribution in [2.45, 2.75) is 38.6 Å². The molecule has 3 atom stereocenters. The van der Waals surface area contributed by atoms with Crippen molar-refractivity contribution < 1.29 is 13.6 Å². The number of benzene rings is 1. The summed E-state index contributed by atoms with van der Waals surface area (Å²) in [6, 6.07) is 3.87. The van der Waals surface area contributed by atoms with E-state index < -0.39 is 11.6 Å². The second-order valence-corrected chi connectivity index (χ2v) is 6.54. The molecule has 1 saturated carbocycles. The molecule has 1 aromatic rings. The lowest BCUT2D eigenvalue weighted by Crippen LogP contribution is -2.35. The van der Waals surface area contributed by atoms with Gasteiger partial charge in [-0.05, 0) is 30.9 Å². The van der Waals surface area contributed by atoms with E-state index in [1.807, 2.05) is 13.8 Å². The van der Waals surface area contributed by atoms with Crippen LogP contribution in [0.25, 0.3) is 0 Å². The Hall–Kier alpha value is -1.49. The normalized spacial score (nSPS) is 21.8. The molecule has 5 heteroatoms. The van der Waals surface area contributed by atoms with Crippen LogP contribution in [0.2, 0.25) is 0 Å². The number of hydrogen-bond acceptors (Lipinski definition) is 2. The zero-order valence-corrected chi connectivity index (χ0v) is 13.4. The molecule has 2 N–H and O–H groups in total. The fourth-order valence-electron chi connectivity index (χ4n) is 2.72. The fourth-order valence-corrected chi connectivity index (χ4v) is 2.72. The molecular formula is C17H24F2N2O. The maximum Gasteiger partial charge on any atom is 0.226 e. The predicted molar refractivity (Wildman–Crippen MR) is 82.3 cm³/mol. The molecule has 2 rings (SSSR count). The Morgan fingerprint density at radius 2 is 1.95 bits per heavy atom. The highest BCUT2D eigenvalue weighted by Gasteiger charge is 2.47. The summed E-state index contributed by atoms with van der Waals surface area (Å²) in [7, 11) is 1.72. The molecule has 0 saturated heterocycles. The molecule has 0 bridgehead atoms. The molecule has 1 amide bonds. The smallest absolute Gasteiger partial charge is 0.226 e. The summed E-state index contributed by atoms with van der Waals surface area (Å²) < 4.78 is 27.5. The lowest BCUT2D eigenvalue weighted by Gasteiger charge is -2.21. The van der Waals surface area contributed by atoms with E-state index in [4.69, 9.17) is 5.73 Å². The van der Waals surface area contributed by atoms with Crippen LogP contribution in [0.15, 0.2) is 18.2 Å². The van der Waals surface area contributed by atoms with Gasteiger partial charge in [0, 0.05) is 37.0 Å². The standard InChI is InChI=1S/C17H24F2N2O/c1-10(2)15(20)7-8-21(3)17(22)12-9-11(12)16-13(18)5-4-6-14(16)19/h4-6,10-12,15H,7-9,20H2,1-3H3. The lowest BCUT2D eigenvalue weighted by atomic mass is 10.0. The molecule has 0 heterocycles. The Balaban J connectivity index is 1.93. The molecule has 22 heavy (non-hydrogen) atoms. The number of carbonyl (C=O) groups is 1. The number of carbonyl (C=O) groups excluding carboxylic acids is 1. The van der Waals surface area contributed by atoms with Gasteiger partial charge in [-0.3, -0.25) is 4.79 Å². The Kier molecular flexibility index (Phi) is 5.16. The quantitative estimate of drug-likeness (QED) is 0.878. The molecule has 0 spiro atoms. The number of nitrogens with two attached hydrogens (primary N) is 1. The van der Waals surface area contributed by atoms with Gasteiger partial charge in [0.15, 0.2) is 0 Å². The van der Waals surface area contributed by atoms with Gasteiger partial charge in [-0.25, -0.2) is 8.78 Å². The fraction of sp³-hybridized carbons (Fsp3) is 0.588. The van der Waals surface area contributed by atoms with Gasteiger partial charge in [0.2, 0.25) is 5.91 Å². The number of hydrogen-bond donors (Lipinski definition) is 1. The third-order valence-electron chi connectivity index (χ3n) is 4.51. The average molecular weight is 310 g/mol. The maximum absolute atomic E-state index is 13.7. The highest BCUT2D eigenvalue weighted by Crippen LogP contribution is 2.49. The van der Waals surface area contributed by atoms with E-state index in [0.717, 1.165) is 6.42 Å². The van der Waals surface area contributed by atoms with Crippen molar-refractivity contribution in [1.82, 2.24) is 4.90 Å². The summed E-state index contributed by atoms with van der Waals surface area (Å²) in [5.74, 6) is -1.47. The minimum atomic E-state index is -0.565. The Morgan fingerprint density at radius 1 is 1.36 bits per heavy atom. The van der Waals surface area contributed by atoms with Crippen molar-refractivity contribution in [3.63, 3.8) is 0 Å². The van der Waals surface area contributed by atoms with E-state index in [-0.39, 0.29) is 29.3 Å². The van der Waals surface area contributed by atoms with E-state index in [9.17, 15) is 13.6 Å². The molecule has 3 nitrogen and oxygen atoms in total. The summed E-state index contributed by atoms with van der Waals surface area (Å²) in [6.07, 6.45) is 1.24. The van der Waals surface area contributed by atoms with Gasteiger partial charge in [-0.1, -0.05) is 19.9 Å². The first-order valence-corrected chi connectivity index (χ1v) is 7.77. The SMILES string of the molecule is CC(C)C(N)CCN(C)C(=O)C1CC1c1c(F)cccc1F. The lowest BCUT2D eigenvalue weighted by molar-refractivity contribution is -0.131. The summed E-state index contributed by atoms with van der Waals surface area (Å²) in [4.78, 5) is 14.0. The molecule has 1 fully saturated rings. The largest absolute Gasteiger partial charge is 0.345 e. The molecule has 0 aromatic heterocycles. The number of halogens is 2. The van der Waals surface area contributed by atoms with Crippen LogP contribution in [-0.2, 0) is 4.79 Å². The van der Waals surface area contributed by atoms with Gasteiger partial charge >= 0.3 is 0 Å². The topological polar surface area (TPSA) is 46.3 Å². The molecule has 0 aliphatic heterocycles. The second kappa shape index (κ2) is 6.73. The number of rotatable bonds is 6. The minimum absolute atomic E-state index is 0.0492. The first-order valence-electron chi connectivity index (χ1n) is 7.77. The molecular weight excluding hydrogens is 286 g/mol. The second-order valence-electron chi connectivity index (χ2n) is 6.54. The minimum Gasteiger partial charge on any atom is -0.345 e. The van der Waals surface area contributed by atoms with Gasteiger partial charge in [-0.15, -0.1) is 0 Å². The van der Waals surface area contributed by atoms with Crippen LogP contribution in [-0.4, -0.2) is 30.4 Å². The van der Waals surface area contributed by atoms with Crippen LogP contribution < -0.4 is 5.73 Å². The van der Waals surface area contributed by atoms with Crippen LogP contribution in [0, 0.1) is 23.5 Å². The maximum atomic E-state index is 13.7. The number of nitrogens with zero attached hydrogens (tertiary/aromatic N) is 1. The molecule has 1 aromatic carbocycles. The van der Waals surface area contributed by atoms with Crippen molar-refractivity contribution in [3.8, 4) is 0 Å². The summed E-state index contributed by atoms with van der Waals surface area (Å²) >= 11 is 0. The van der Waals surface area contributed by atoms with E-state index in [1.54, 1.807) is 11.9 Å². The summed E-state index contributed by atoms with van der Waals surface area (Å²) in [5.41, 5.74) is 6.03. The van der Waals surface area contributed by atoms with Crippen LogP contribution in [0.3, 0.4) is 0 Å². The van der Waals surface area contributed by atoms with Gasteiger partial charge in [0.1, 0.15) is 11.6 Å². The summed E-state index contributed by atoms with van der Waals surface area (Å²) in [5, 5.41) is 0. The van der Waals surface area contributed by atoms with Gasteiger partial charge in [0.05, 0.1) is 0 Å². The van der Waals surface area contributed by atoms with Crippen LogP contribution in [0.5, 0.6) is 0 Å². The summed E-state index contributed by atoms with van der Waals surface area (Å²) in [6.45, 7) is 4.66. The first kappa shape index (κ1) is 16.9. The van der Waals surface area contributed by atoms with Gasteiger partial charge in [-0.2, -0.15) is 0 Å².